The molecule has 1 aromatic heterocycles. The maximum absolute atomic E-state index is 4.13. The zero-order chi connectivity index (χ0) is 8.39. The first-order valence-electron chi connectivity index (χ1n) is 4.78. The minimum Gasteiger partial charge on any atom is -0.262 e. The van der Waals surface area contributed by atoms with E-state index < -0.39 is 0 Å². The Morgan fingerprint density at radius 2 is 2.25 bits per heavy atom. The fraction of sp³-hybridized carbons (Fsp3) is 0.778. The Labute approximate surface area is 72.6 Å². The second kappa shape index (κ2) is 3.25. The van der Waals surface area contributed by atoms with Crippen LogP contribution in [0, 0.1) is 0 Å². The summed E-state index contributed by atoms with van der Waals surface area (Å²) in [7, 11) is 0. The molecule has 1 unspecified atom stereocenters. The molecule has 66 valence electrons. The van der Waals surface area contributed by atoms with Crippen LogP contribution >= 0.6 is 0 Å². The lowest BCUT2D eigenvalue weighted by molar-refractivity contribution is 0.549. The van der Waals surface area contributed by atoms with Gasteiger partial charge in [-0.05, 0) is 19.3 Å². The van der Waals surface area contributed by atoms with Crippen LogP contribution in [0.3, 0.4) is 0 Å². The number of nitrogens with one attached hydrogen (secondary N) is 1. The summed E-state index contributed by atoms with van der Waals surface area (Å²) in [6.45, 7) is 2.24. The van der Waals surface area contributed by atoms with Crippen molar-refractivity contribution in [2.24, 2.45) is 0 Å². The van der Waals surface area contributed by atoms with Crippen LogP contribution < -0.4 is 0 Å². The predicted octanol–water partition coefficient (Wildman–Crippen LogP) is 2.02. The number of aromatic amines is 1. The van der Waals surface area contributed by atoms with Gasteiger partial charge in [0.15, 0.2) is 0 Å². The van der Waals surface area contributed by atoms with Crippen LogP contribution in [0.1, 0.15) is 49.9 Å². The standard InChI is InChI=1S/C9H15N3/c1-7-5-3-2-4-6-8-9(7)11-12-10-8/h7H,2-6H2,1H3,(H,10,11,12). The summed E-state index contributed by atoms with van der Waals surface area (Å²) in [5, 5.41) is 11.0. The molecule has 1 aliphatic carbocycles. The molecule has 0 aromatic carbocycles. The van der Waals surface area contributed by atoms with Crippen molar-refractivity contribution >= 4 is 0 Å². The second-order valence-corrected chi connectivity index (χ2v) is 3.68. The van der Waals surface area contributed by atoms with E-state index in [0.29, 0.717) is 5.92 Å². The van der Waals surface area contributed by atoms with E-state index in [2.05, 4.69) is 22.3 Å². The summed E-state index contributed by atoms with van der Waals surface area (Å²) >= 11 is 0. The first-order chi connectivity index (χ1) is 5.88. The van der Waals surface area contributed by atoms with Crippen molar-refractivity contribution in [3.05, 3.63) is 11.4 Å². The maximum atomic E-state index is 4.13. The second-order valence-electron chi connectivity index (χ2n) is 3.68. The number of aromatic nitrogens is 3. The predicted molar refractivity (Wildman–Crippen MR) is 47.0 cm³/mol. The highest BCUT2D eigenvalue weighted by atomic mass is 15.3. The van der Waals surface area contributed by atoms with Gasteiger partial charge in [-0.15, -0.1) is 5.10 Å². The smallest absolute Gasteiger partial charge is 0.0884 e. The lowest BCUT2D eigenvalue weighted by Gasteiger charge is -2.13. The number of rotatable bonds is 0. The van der Waals surface area contributed by atoms with Gasteiger partial charge in [0.2, 0.25) is 0 Å². The highest BCUT2D eigenvalue weighted by Crippen LogP contribution is 2.25. The van der Waals surface area contributed by atoms with Crippen molar-refractivity contribution in [3.8, 4) is 0 Å². The van der Waals surface area contributed by atoms with Crippen LogP contribution in [0.15, 0.2) is 0 Å². The molecule has 1 aromatic rings. The van der Waals surface area contributed by atoms with Gasteiger partial charge in [0.05, 0.1) is 11.4 Å². The van der Waals surface area contributed by atoms with Gasteiger partial charge in [-0.1, -0.05) is 25.0 Å². The molecule has 0 bridgehead atoms. The van der Waals surface area contributed by atoms with Crippen LogP contribution in [-0.4, -0.2) is 15.4 Å². The van der Waals surface area contributed by atoms with Crippen molar-refractivity contribution in [1.82, 2.24) is 15.4 Å². The Balaban J connectivity index is 2.25. The lowest BCUT2D eigenvalue weighted by atomic mass is 9.93. The number of H-pyrrole nitrogens is 1. The van der Waals surface area contributed by atoms with E-state index in [0.717, 1.165) is 6.42 Å². The van der Waals surface area contributed by atoms with Crippen LogP contribution in [0.4, 0.5) is 0 Å². The van der Waals surface area contributed by atoms with Gasteiger partial charge < -0.3 is 0 Å². The van der Waals surface area contributed by atoms with E-state index in [4.69, 9.17) is 0 Å². The molecule has 0 amide bonds. The molecular weight excluding hydrogens is 150 g/mol. The largest absolute Gasteiger partial charge is 0.262 e. The molecule has 1 N–H and O–H groups in total. The average molecular weight is 165 g/mol. The summed E-state index contributed by atoms with van der Waals surface area (Å²) in [5.41, 5.74) is 2.47. The monoisotopic (exact) mass is 165 g/mol. The molecule has 3 heteroatoms. The average Bonchev–Trinajstić information content (AvgIpc) is 2.47. The molecular formula is C9H15N3. The first kappa shape index (κ1) is 7.77. The SMILES string of the molecule is CC1CCCCCc2[nH]nnc21. The van der Waals surface area contributed by atoms with Gasteiger partial charge in [-0.2, -0.15) is 0 Å². The van der Waals surface area contributed by atoms with Gasteiger partial charge in [-0.3, -0.25) is 5.10 Å². The topological polar surface area (TPSA) is 41.6 Å². The van der Waals surface area contributed by atoms with Gasteiger partial charge in [0.25, 0.3) is 0 Å². The third-order valence-corrected chi connectivity index (χ3v) is 2.68. The first-order valence-corrected chi connectivity index (χ1v) is 4.78. The molecule has 0 saturated carbocycles. The molecule has 0 radical (unpaired) electrons. The van der Waals surface area contributed by atoms with E-state index in [1.807, 2.05) is 0 Å². The summed E-state index contributed by atoms with van der Waals surface area (Å²) in [5.74, 6) is 0.596. The highest BCUT2D eigenvalue weighted by Gasteiger charge is 2.16. The van der Waals surface area contributed by atoms with Crippen molar-refractivity contribution in [3.63, 3.8) is 0 Å². The van der Waals surface area contributed by atoms with E-state index in [-0.39, 0.29) is 0 Å². The zero-order valence-corrected chi connectivity index (χ0v) is 7.51. The third-order valence-electron chi connectivity index (χ3n) is 2.68. The molecule has 1 heterocycles. The molecule has 1 aliphatic rings. The summed E-state index contributed by atoms with van der Waals surface area (Å²) in [6, 6.07) is 0. The Hall–Kier alpha value is -0.860. The van der Waals surface area contributed by atoms with E-state index in [1.165, 1.54) is 37.1 Å². The molecule has 0 fully saturated rings. The van der Waals surface area contributed by atoms with Crippen molar-refractivity contribution in [1.29, 1.82) is 0 Å². The van der Waals surface area contributed by atoms with Gasteiger partial charge in [-0.25, -0.2) is 0 Å². The highest BCUT2D eigenvalue weighted by molar-refractivity contribution is 5.13. The minimum absolute atomic E-state index is 0.596. The number of aryl methyl sites for hydroxylation is 1. The molecule has 0 spiro atoms. The van der Waals surface area contributed by atoms with Crippen LogP contribution in [0.5, 0.6) is 0 Å². The summed E-state index contributed by atoms with van der Waals surface area (Å²) in [4.78, 5) is 0. The fourth-order valence-electron chi connectivity index (χ4n) is 1.90. The Morgan fingerprint density at radius 1 is 1.33 bits per heavy atom. The number of nitrogens with zero attached hydrogens (tertiary/aromatic N) is 2. The zero-order valence-electron chi connectivity index (χ0n) is 7.51. The third kappa shape index (κ3) is 1.36. The van der Waals surface area contributed by atoms with Crippen molar-refractivity contribution < 1.29 is 0 Å². The molecule has 0 saturated heterocycles. The Morgan fingerprint density at radius 3 is 3.17 bits per heavy atom. The minimum atomic E-state index is 0.596. The van der Waals surface area contributed by atoms with E-state index in [9.17, 15) is 0 Å². The fourth-order valence-corrected chi connectivity index (χ4v) is 1.90. The molecule has 3 nitrogen and oxygen atoms in total. The maximum Gasteiger partial charge on any atom is 0.0884 e. The lowest BCUT2D eigenvalue weighted by Crippen LogP contribution is -2.03. The van der Waals surface area contributed by atoms with Gasteiger partial charge >= 0.3 is 0 Å². The number of hydrogen-bond acceptors (Lipinski definition) is 2. The van der Waals surface area contributed by atoms with Gasteiger partial charge in [0, 0.05) is 5.92 Å². The molecule has 0 aliphatic heterocycles. The Bertz CT molecular complexity index is 254. The Kier molecular flexibility index (Phi) is 2.11. The van der Waals surface area contributed by atoms with Crippen molar-refractivity contribution in [2.75, 3.05) is 0 Å². The van der Waals surface area contributed by atoms with Crippen LogP contribution in [0.2, 0.25) is 0 Å². The quantitative estimate of drug-likeness (QED) is 0.639. The van der Waals surface area contributed by atoms with Crippen molar-refractivity contribution in [2.45, 2.75) is 44.9 Å². The summed E-state index contributed by atoms with van der Waals surface area (Å²) in [6.07, 6.45) is 6.37. The molecule has 12 heavy (non-hydrogen) atoms. The molecule has 1 atom stereocenters. The van der Waals surface area contributed by atoms with E-state index >= 15 is 0 Å². The summed E-state index contributed by atoms with van der Waals surface area (Å²) < 4.78 is 0. The number of fused-ring (bicyclic) bond motifs is 1. The molecule has 2 rings (SSSR count). The number of hydrogen-bond donors (Lipinski definition) is 1. The normalized spacial score (nSPS) is 24.2. The van der Waals surface area contributed by atoms with E-state index in [1.54, 1.807) is 0 Å². The van der Waals surface area contributed by atoms with Crippen LogP contribution in [-0.2, 0) is 6.42 Å². The van der Waals surface area contributed by atoms with Crippen LogP contribution in [0.25, 0.3) is 0 Å². The van der Waals surface area contributed by atoms with Gasteiger partial charge in [0.1, 0.15) is 0 Å².